The van der Waals surface area contributed by atoms with E-state index < -0.39 is 0 Å². The van der Waals surface area contributed by atoms with Gasteiger partial charge in [-0.05, 0) is 53.3 Å². The van der Waals surface area contributed by atoms with Gasteiger partial charge in [0.25, 0.3) is 0 Å². The molecular weight excluding hydrogens is 328 g/mol. The van der Waals surface area contributed by atoms with E-state index in [1.807, 2.05) is 18.5 Å². The van der Waals surface area contributed by atoms with Crippen molar-refractivity contribution >= 4 is 15.9 Å². The van der Waals surface area contributed by atoms with Gasteiger partial charge in [-0.25, -0.2) is 0 Å². The van der Waals surface area contributed by atoms with Gasteiger partial charge < -0.3 is 10.5 Å². The van der Waals surface area contributed by atoms with Crippen LogP contribution >= 0.6 is 15.9 Å². The highest BCUT2D eigenvalue weighted by Gasteiger charge is 2.20. The highest BCUT2D eigenvalue weighted by molar-refractivity contribution is 9.10. The van der Waals surface area contributed by atoms with Crippen LogP contribution in [0.2, 0.25) is 0 Å². The van der Waals surface area contributed by atoms with E-state index in [2.05, 4.69) is 40.0 Å². The molecule has 1 aromatic heterocycles. The van der Waals surface area contributed by atoms with Crippen LogP contribution in [0, 0.1) is 0 Å². The van der Waals surface area contributed by atoms with E-state index in [1.165, 1.54) is 22.3 Å². The molecule has 0 bridgehead atoms. The van der Waals surface area contributed by atoms with Gasteiger partial charge >= 0.3 is 0 Å². The summed E-state index contributed by atoms with van der Waals surface area (Å²) in [6, 6.07) is 6.26. The van der Waals surface area contributed by atoms with Gasteiger partial charge in [-0.3, -0.25) is 4.98 Å². The Morgan fingerprint density at radius 2 is 2.24 bits per heavy atom. The lowest BCUT2D eigenvalue weighted by Gasteiger charge is -2.17. The van der Waals surface area contributed by atoms with E-state index in [1.54, 1.807) is 0 Å². The largest absolute Gasteiger partial charge is 0.493 e. The van der Waals surface area contributed by atoms with Crippen molar-refractivity contribution in [2.24, 2.45) is 5.73 Å². The number of rotatable bonds is 4. The van der Waals surface area contributed by atoms with E-state index >= 15 is 0 Å². The van der Waals surface area contributed by atoms with Crippen LogP contribution in [0.4, 0.5) is 0 Å². The molecule has 1 aliphatic rings. The van der Waals surface area contributed by atoms with Crippen molar-refractivity contribution in [3.63, 3.8) is 0 Å². The second-order valence-corrected chi connectivity index (χ2v) is 6.31. The Morgan fingerprint density at radius 1 is 1.38 bits per heavy atom. The van der Waals surface area contributed by atoms with Crippen molar-refractivity contribution in [2.45, 2.75) is 32.2 Å². The van der Waals surface area contributed by atoms with Crippen molar-refractivity contribution in [1.82, 2.24) is 4.98 Å². The topological polar surface area (TPSA) is 48.1 Å². The van der Waals surface area contributed by atoms with E-state index in [9.17, 15) is 0 Å². The van der Waals surface area contributed by atoms with Crippen LogP contribution in [-0.2, 0) is 19.3 Å². The fourth-order valence-electron chi connectivity index (χ4n) is 2.94. The summed E-state index contributed by atoms with van der Waals surface area (Å²) in [5.74, 6) is 1.03. The van der Waals surface area contributed by atoms with Crippen LogP contribution in [0.3, 0.4) is 0 Å². The minimum atomic E-state index is -0.0365. The van der Waals surface area contributed by atoms with Crippen molar-refractivity contribution in [3.05, 3.63) is 57.3 Å². The first kappa shape index (κ1) is 14.5. The van der Waals surface area contributed by atoms with Crippen LogP contribution in [0.1, 0.15) is 35.2 Å². The average Bonchev–Trinajstić information content (AvgIpc) is 2.95. The van der Waals surface area contributed by atoms with Gasteiger partial charge in [0.2, 0.25) is 0 Å². The minimum Gasteiger partial charge on any atom is -0.493 e. The van der Waals surface area contributed by atoms with Crippen LogP contribution < -0.4 is 10.5 Å². The van der Waals surface area contributed by atoms with Crippen molar-refractivity contribution in [2.75, 3.05) is 6.61 Å². The molecule has 3 nitrogen and oxygen atoms in total. The molecule has 1 unspecified atom stereocenters. The molecule has 0 amide bonds. The summed E-state index contributed by atoms with van der Waals surface area (Å²) < 4.78 is 6.89. The Hall–Kier alpha value is -1.39. The molecule has 0 spiro atoms. The zero-order valence-electron chi connectivity index (χ0n) is 12.1. The number of fused-ring (bicyclic) bond motifs is 1. The zero-order valence-corrected chi connectivity index (χ0v) is 13.7. The summed E-state index contributed by atoms with van der Waals surface area (Å²) in [6.45, 7) is 2.90. The molecule has 2 heterocycles. The SMILES string of the molecule is CCc1cnccc1C(N)Cc1cc(Br)cc2c1OCC2. The van der Waals surface area contributed by atoms with Crippen molar-refractivity contribution in [3.8, 4) is 5.75 Å². The molecule has 3 rings (SSSR count). The molecule has 1 aliphatic heterocycles. The summed E-state index contributed by atoms with van der Waals surface area (Å²) in [4.78, 5) is 4.19. The number of ether oxygens (including phenoxy) is 1. The lowest BCUT2D eigenvalue weighted by atomic mass is 9.94. The monoisotopic (exact) mass is 346 g/mol. The van der Waals surface area contributed by atoms with Crippen molar-refractivity contribution in [1.29, 1.82) is 0 Å². The molecule has 110 valence electrons. The van der Waals surface area contributed by atoms with Crippen LogP contribution in [-0.4, -0.2) is 11.6 Å². The third kappa shape index (κ3) is 2.97. The fourth-order valence-corrected chi connectivity index (χ4v) is 3.49. The van der Waals surface area contributed by atoms with Crippen molar-refractivity contribution < 1.29 is 4.74 Å². The lowest BCUT2D eigenvalue weighted by molar-refractivity contribution is 0.352. The number of halogens is 1. The second kappa shape index (κ2) is 6.16. The summed E-state index contributed by atoms with van der Waals surface area (Å²) >= 11 is 3.58. The van der Waals surface area contributed by atoms with E-state index in [0.717, 1.165) is 36.1 Å². The average molecular weight is 347 g/mol. The Bertz CT molecular complexity index is 657. The standard InChI is InChI=1S/C17H19BrN2O/c1-2-11-10-20-5-3-15(11)16(19)9-13-8-14(18)7-12-4-6-21-17(12)13/h3,5,7-8,10,16H,2,4,6,9,19H2,1H3. The Labute approximate surface area is 133 Å². The summed E-state index contributed by atoms with van der Waals surface area (Å²) in [7, 11) is 0. The summed E-state index contributed by atoms with van der Waals surface area (Å²) in [5.41, 5.74) is 11.3. The number of nitrogens with two attached hydrogens (primary N) is 1. The van der Waals surface area contributed by atoms with Gasteiger partial charge in [-0.15, -0.1) is 0 Å². The van der Waals surface area contributed by atoms with Crippen LogP contribution in [0.25, 0.3) is 0 Å². The first-order chi connectivity index (χ1) is 10.2. The minimum absolute atomic E-state index is 0.0365. The van der Waals surface area contributed by atoms with Crippen LogP contribution in [0.15, 0.2) is 35.1 Å². The number of nitrogens with zero attached hydrogens (tertiary/aromatic N) is 1. The molecule has 0 saturated carbocycles. The quantitative estimate of drug-likeness (QED) is 0.920. The first-order valence-corrected chi connectivity index (χ1v) is 8.10. The molecule has 0 fully saturated rings. The second-order valence-electron chi connectivity index (χ2n) is 5.39. The normalized spacial score (nSPS) is 14.6. The lowest BCUT2D eigenvalue weighted by Crippen LogP contribution is -2.16. The van der Waals surface area contributed by atoms with E-state index in [0.29, 0.717) is 0 Å². The predicted octanol–water partition coefficient (Wildman–Crippen LogP) is 3.58. The fraction of sp³-hybridized carbons (Fsp3) is 0.353. The maximum absolute atomic E-state index is 6.45. The third-order valence-electron chi connectivity index (χ3n) is 3.99. The van der Waals surface area contributed by atoms with Gasteiger partial charge in [0.1, 0.15) is 5.75 Å². The maximum Gasteiger partial charge on any atom is 0.125 e. The van der Waals surface area contributed by atoms with Gasteiger partial charge in [0.15, 0.2) is 0 Å². The van der Waals surface area contributed by atoms with Gasteiger partial charge in [-0.2, -0.15) is 0 Å². The Kier molecular flexibility index (Phi) is 4.27. The number of aryl methyl sites for hydroxylation is 1. The highest BCUT2D eigenvalue weighted by atomic mass is 79.9. The number of hydrogen-bond donors (Lipinski definition) is 1. The Balaban J connectivity index is 1.90. The highest BCUT2D eigenvalue weighted by Crippen LogP contribution is 2.35. The number of aromatic nitrogens is 1. The van der Waals surface area contributed by atoms with Gasteiger partial charge in [0, 0.05) is 29.3 Å². The van der Waals surface area contributed by atoms with Gasteiger partial charge in [-0.1, -0.05) is 22.9 Å². The van der Waals surface area contributed by atoms with E-state index in [-0.39, 0.29) is 6.04 Å². The smallest absolute Gasteiger partial charge is 0.125 e. The maximum atomic E-state index is 6.45. The Morgan fingerprint density at radius 3 is 3.05 bits per heavy atom. The summed E-state index contributed by atoms with van der Waals surface area (Å²) in [6.07, 6.45) is 6.43. The molecular formula is C17H19BrN2O. The van der Waals surface area contributed by atoms with E-state index in [4.69, 9.17) is 10.5 Å². The molecule has 2 aromatic rings. The number of benzene rings is 1. The predicted molar refractivity (Wildman–Crippen MR) is 87.6 cm³/mol. The molecule has 21 heavy (non-hydrogen) atoms. The molecule has 0 radical (unpaired) electrons. The molecule has 4 heteroatoms. The first-order valence-electron chi connectivity index (χ1n) is 7.31. The zero-order chi connectivity index (χ0) is 14.8. The molecule has 0 aliphatic carbocycles. The van der Waals surface area contributed by atoms with Gasteiger partial charge in [0.05, 0.1) is 6.61 Å². The summed E-state index contributed by atoms with van der Waals surface area (Å²) in [5, 5.41) is 0. The molecule has 1 atom stereocenters. The number of pyridine rings is 1. The van der Waals surface area contributed by atoms with Crippen LogP contribution in [0.5, 0.6) is 5.75 Å². The molecule has 0 saturated heterocycles. The third-order valence-corrected chi connectivity index (χ3v) is 4.44. The molecule has 1 aromatic carbocycles. The molecule has 2 N–H and O–H groups in total. The number of hydrogen-bond acceptors (Lipinski definition) is 3.